The maximum atomic E-state index is 3.73. The zero-order valence-corrected chi connectivity index (χ0v) is 13.5. The summed E-state index contributed by atoms with van der Waals surface area (Å²) in [6, 6.07) is 15.9. The van der Waals surface area contributed by atoms with Crippen LogP contribution in [0, 0.1) is 0 Å². The molecule has 0 saturated carbocycles. The zero-order chi connectivity index (χ0) is 13.8. The third-order valence-electron chi connectivity index (χ3n) is 3.80. The molecule has 1 fully saturated rings. The van der Waals surface area contributed by atoms with Gasteiger partial charge in [0.25, 0.3) is 0 Å². The Morgan fingerprint density at radius 2 is 2.00 bits per heavy atom. The molecule has 20 heavy (non-hydrogen) atoms. The lowest BCUT2D eigenvalue weighted by Gasteiger charge is -2.31. The summed E-state index contributed by atoms with van der Waals surface area (Å²) in [5, 5.41) is 7.16. The second-order valence-electron chi connectivity index (χ2n) is 5.09. The van der Waals surface area contributed by atoms with Crippen molar-refractivity contribution in [3.8, 4) is 0 Å². The summed E-state index contributed by atoms with van der Waals surface area (Å²) in [5.41, 5.74) is 1.46. The molecule has 2 unspecified atom stereocenters. The largest absolute Gasteiger partial charge is 0.309 e. The fourth-order valence-corrected chi connectivity index (χ4v) is 5.74. The van der Waals surface area contributed by atoms with Crippen molar-refractivity contribution in [2.75, 3.05) is 23.8 Å². The molecule has 0 aromatic heterocycles. The fraction of sp³-hybridized carbons (Fsp3) is 0.412. The van der Waals surface area contributed by atoms with Crippen molar-refractivity contribution in [3.05, 3.63) is 48.0 Å². The Balaban J connectivity index is 2.00. The highest BCUT2D eigenvalue weighted by molar-refractivity contribution is 8.06. The first-order chi connectivity index (χ1) is 9.90. The molecule has 0 spiro atoms. The Labute approximate surface area is 129 Å². The molecule has 0 bridgehead atoms. The van der Waals surface area contributed by atoms with Gasteiger partial charge in [0.05, 0.1) is 0 Å². The van der Waals surface area contributed by atoms with Crippen molar-refractivity contribution in [2.24, 2.45) is 0 Å². The number of hydrogen-bond acceptors (Lipinski definition) is 3. The molecule has 1 saturated heterocycles. The number of rotatable bonds is 4. The molecule has 0 amide bonds. The van der Waals surface area contributed by atoms with E-state index in [1.165, 1.54) is 33.6 Å². The molecule has 2 aromatic carbocycles. The fourth-order valence-electron chi connectivity index (χ4n) is 2.88. The normalized spacial score (nSPS) is 20.9. The molecule has 1 aliphatic heterocycles. The van der Waals surface area contributed by atoms with Crippen LogP contribution in [0.1, 0.15) is 18.5 Å². The van der Waals surface area contributed by atoms with Gasteiger partial charge in [-0.1, -0.05) is 49.4 Å². The van der Waals surface area contributed by atoms with Gasteiger partial charge in [0.1, 0.15) is 0 Å². The van der Waals surface area contributed by atoms with Crippen LogP contribution in [0.2, 0.25) is 0 Å². The lowest BCUT2D eigenvalue weighted by molar-refractivity contribution is 0.554. The minimum Gasteiger partial charge on any atom is -0.309 e. The van der Waals surface area contributed by atoms with E-state index in [0.29, 0.717) is 11.3 Å². The molecule has 0 radical (unpaired) electrons. The Morgan fingerprint density at radius 3 is 2.80 bits per heavy atom. The first-order valence-electron chi connectivity index (χ1n) is 7.30. The van der Waals surface area contributed by atoms with Crippen molar-refractivity contribution in [2.45, 2.75) is 18.2 Å². The summed E-state index contributed by atoms with van der Waals surface area (Å²) >= 11 is 4.23. The van der Waals surface area contributed by atoms with Crippen molar-refractivity contribution in [3.63, 3.8) is 0 Å². The number of hydrogen-bond donors (Lipinski definition) is 1. The number of fused-ring (bicyclic) bond motifs is 1. The SMILES string of the molecule is CCNC(c1cccc2ccccc12)C1CSCCS1. The van der Waals surface area contributed by atoms with Crippen LogP contribution in [0.15, 0.2) is 42.5 Å². The monoisotopic (exact) mass is 303 g/mol. The van der Waals surface area contributed by atoms with Crippen LogP contribution < -0.4 is 5.32 Å². The van der Waals surface area contributed by atoms with E-state index in [1.54, 1.807) is 0 Å². The van der Waals surface area contributed by atoms with Crippen LogP contribution in [-0.2, 0) is 0 Å². The average molecular weight is 303 g/mol. The first kappa shape index (κ1) is 14.3. The van der Waals surface area contributed by atoms with Crippen LogP contribution in [0.4, 0.5) is 0 Å². The van der Waals surface area contributed by atoms with Gasteiger partial charge in [-0.25, -0.2) is 0 Å². The standard InChI is InChI=1S/C17H21NS2/c1-2-18-17(16-12-19-10-11-20-16)15-9-5-7-13-6-3-4-8-14(13)15/h3-9,16-18H,2,10-12H2,1H3. The van der Waals surface area contributed by atoms with Crippen LogP contribution in [-0.4, -0.2) is 29.1 Å². The van der Waals surface area contributed by atoms with Gasteiger partial charge in [-0.3, -0.25) is 0 Å². The van der Waals surface area contributed by atoms with E-state index < -0.39 is 0 Å². The van der Waals surface area contributed by atoms with E-state index in [9.17, 15) is 0 Å². The van der Waals surface area contributed by atoms with Crippen molar-refractivity contribution in [1.82, 2.24) is 5.32 Å². The zero-order valence-electron chi connectivity index (χ0n) is 11.8. The molecule has 2 aromatic rings. The van der Waals surface area contributed by atoms with Gasteiger partial charge in [0, 0.05) is 28.6 Å². The minimum atomic E-state index is 0.462. The second-order valence-corrected chi connectivity index (χ2v) is 7.58. The second kappa shape index (κ2) is 6.88. The molecular formula is C17H21NS2. The van der Waals surface area contributed by atoms with Gasteiger partial charge in [0.2, 0.25) is 0 Å². The average Bonchev–Trinajstić information content (AvgIpc) is 2.53. The van der Waals surface area contributed by atoms with Gasteiger partial charge in [-0.2, -0.15) is 23.5 Å². The van der Waals surface area contributed by atoms with E-state index in [2.05, 4.69) is 78.2 Å². The highest BCUT2D eigenvalue weighted by Gasteiger charge is 2.26. The minimum absolute atomic E-state index is 0.462. The van der Waals surface area contributed by atoms with Crippen molar-refractivity contribution >= 4 is 34.3 Å². The van der Waals surface area contributed by atoms with Gasteiger partial charge >= 0.3 is 0 Å². The molecule has 0 aliphatic carbocycles. The summed E-state index contributed by atoms with van der Waals surface area (Å²) in [5.74, 6) is 3.84. The van der Waals surface area contributed by atoms with E-state index in [4.69, 9.17) is 0 Å². The van der Waals surface area contributed by atoms with Gasteiger partial charge in [-0.05, 0) is 22.9 Å². The molecular weight excluding hydrogens is 282 g/mol. The summed E-state index contributed by atoms with van der Waals surface area (Å²) < 4.78 is 0. The Bertz CT molecular complexity index is 558. The van der Waals surface area contributed by atoms with Gasteiger partial charge in [-0.15, -0.1) is 0 Å². The molecule has 1 aliphatic rings. The molecule has 3 rings (SSSR count). The van der Waals surface area contributed by atoms with Crippen molar-refractivity contribution < 1.29 is 0 Å². The molecule has 1 N–H and O–H groups in total. The van der Waals surface area contributed by atoms with Crippen LogP contribution in [0.3, 0.4) is 0 Å². The van der Waals surface area contributed by atoms with E-state index in [-0.39, 0.29) is 0 Å². The molecule has 1 heterocycles. The third kappa shape index (κ3) is 3.00. The number of benzene rings is 2. The topological polar surface area (TPSA) is 12.0 Å². The predicted octanol–water partition coefficient (Wildman–Crippen LogP) is 4.34. The third-order valence-corrected chi connectivity index (χ3v) is 6.66. The summed E-state index contributed by atoms with van der Waals surface area (Å²) in [6.07, 6.45) is 0. The molecule has 2 atom stereocenters. The first-order valence-corrected chi connectivity index (χ1v) is 9.51. The summed E-state index contributed by atoms with van der Waals surface area (Å²) in [7, 11) is 0. The Morgan fingerprint density at radius 1 is 1.15 bits per heavy atom. The van der Waals surface area contributed by atoms with Crippen LogP contribution >= 0.6 is 23.5 Å². The lowest BCUT2D eigenvalue weighted by atomic mass is 9.97. The van der Waals surface area contributed by atoms with Gasteiger partial charge < -0.3 is 5.32 Å². The Kier molecular flexibility index (Phi) is 4.92. The summed E-state index contributed by atoms with van der Waals surface area (Å²) in [4.78, 5) is 0. The highest BCUT2D eigenvalue weighted by Crippen LogP contribution is 2.36. The van der Waals surface area contributed by atoms with Crippen molar-refractivity contribution in [1.29, 1.82) is 0 Å². The molecule has 1 nitrogen and oxygen atoms in total. The maximum absolute atomic E-state index is 3.73. The molecule has 3 heteroatoms. The number of thioether (sulfide) groups is 2. The van der Waals surface area contributed by atoms with Crippen LogP contribution in [0.5, 0.6) is 0 Å². The quantitative estimate of drug-likeness (QED) is 0.902. The maximum Gasteiger partial charge on any atom is 0.0454 e. The number of nitrogens with one attached hydrogen (secondary N) is 1. The van der Waals surface area contributed by atoms with E-state index in [0.717, 1.165) is 6.54 Å². The van der Waals surface area contributed by atoms with E-state index >= 15 is 0 Å². The lowest BCUT2D eigenvalue weighted by Crippen LogP contribution is -2.33. The van der Waals surface area contributed by atoms with Gasteiger partial charge in [0.15, 0.2) is 0 Å². The van der Waals surface area contributed by atoms with Crippen LogP contribution in [0.25, 0.3) is 10.8 Å². The Hall–Kier alpha value is -0.640. The summed E-state index contributed by atoms with van der Waals surface area (Å²) in [6.45, 7) is 3.23. The molecule has 106 valence electrons. The predicted molar refractivity (Wildman–Crippen MR) is 93.9 cm³/mol. The van der Waals surface area contributed by atoms with E-state index in [1.807, 2.05) is 0 Å². The highest BCUT2D eigenvalue weighted by atomic mass is 32.2. The smallest absolute Gasteiger partial charge is 0.0454 e.